The molecule has 1 saturated heterocycles. The highest BCUT2D eigenvalue weighted by atomic mass is 32.2. The molecule has 33 heavy (non-hydrogen) atoms. The second kappa shape index (κ2) is 11.8. The van der Waals surface area contributed by atoms with Crippen LogP contribution >= 0.6 is 0 Å². The summed E-state index contributed by atoms with van der Waals surface area (Å²) >= 11 is -2.54. The van der Waals surface area contributed by atoms with Gasteiger partial charge in [0.2, 0.25) is 11.8 Å². The van der Waals surface area contributed by atoms with Crippen molar-refractivity contribution in [2.24, 2.45) is 5.10 Å². The minimum atomic E-state index is -2.54. The average Bonchev–Trinajstić information content (AvgIpc) is 2.76. The van der Waals surface area contributed by atoms with E-state index in [-0.39, 0.29) is 53.8 Å². The molecule has 1 fully saturated rings. The molecule has 3 atom stereocenters. The zero-order chi connectivity index (χ0) is 24.6. The number of unbranched alkanes of at least 4 members (excludes halogenated alkanes) is 2. The number of carbonyl (C=O) groups excluding carboxylic acids is 3. The van der Waals surface area contributed by atoms with Gasteiger partial charge in [-0.2, -0.15) is 5.10 Å². The third-order valence-electron chi connectivity index (χ3n) is 5.32. The Hall–Kier alpha value is -2.99. The van der Waals surface area contributed by atoms with Crippen molar-refractivity contribution in [3.05, 3.63) is 23.8 Å². The lowest BCUT2D eigenvalue weighted by molar-refractivity contribution is -0.145. The van der Waals surface area contributed by atoms with Crippen molar-refractivity contribution in [3.63, 3.8) is 0 Å². The van der Waals surface area contributed by atoms with E-state index in [1.54, 1.807) is 0 Å². The number of hydrogen-bond donors (Lipinski definition) is 4. The Labute approximate surface area is 194 Å². The van der Waals surface area contributed by atoms with Gasteiger partial charge in [-0.25, -0.2) is 5.43 Å². The molecule has 1 aromatic carbocycles. The van der Waals surface area contributed by atoms with Gasteiger partial charge in [0.15, 0.2) is 11.5 Å². The molecule has 1 aromatic rings. The van der Waals surface area contributed by atoms with Crippen molar-refractivity contribution in [3.8, 4) is 11.5 Å². The molecule has 0 bridgehead atoms. The zero-order valence-corrected chi connectivity index (χ0v) is 19.4. The van der Waals surface area contributed by atoms with Gasteiger partial charge >= 0.3 is 0 Å². The molecule has 1 heterocycles. The van der Waals surface area contributed by atoms with Gasteiger partial charge in [-0.3, -0.25) is 18.6 Å². The quantitative estimate of drug-likeness (QED) is 0.0851. The number of β-lactam (4-membered cyclic amide) rings is 1. The first-order chi connectivity index (χ1) is 15.5. The largest absolute Gasteiger partial charge is 0.772 e. The van der Waals surface area contributed by atoms with Gasteiger partial charge in [0, 0.05) is 43.8 Å². The van der Waals surface area contributed by atoms with Crippen molar-refractivity contribution in [2.45, 2.75) is 56.7 Å². The second-order valence-electron chi connectivity index (χ2n) is 8.19. The van der Waals surface area contributed by atoms with E-state index >= 15 is 0 Å². The Balaban J connectivity index is 1.65. The van der Waals surface area contributed by atoms with E-state index in [0.29, 0.717) is 32.2 Å². The first kappa shape index (κ1) is 26.3. The summed E-state index contributed by atoms with van der Waals surface area (Å²) in [6.45, 7) is 3.61. The van der Waals surface area contributed by atoms with Crippen LogP contribution in [0.4, 0.5) is 0 Å². The van der Waals surface area contributed by atoms with Crippen LogP contribution in [0.15, 0.2) is 23.3 Å². The van der Waals surface area contributed by atoms with Crippen LogP contribution in [0.1, 0.15) is 56.3 Å². The number of carbonyl (C=O) groups is 3. The molecular weight excluding hydrogens is 452 g/mol. The van der Waals surface area contributed by atoms with E-state index < -0.39 is 15.8 Å². The number of phenolic OH excluding ortho intramolecular Hbond substituents is 2. The molecule has 11 nitrogen and oxygen atoms in total. The summed E-state index contributed by atoms with van der Waals surface area (Å²) in [5, 5.41) is 25.1. The summed E-state index contributed by atoms with van der Waals surface area (Å²) in [5.41, 5.74) is 2.53. The van der Waals surface area contributed by atoms with Gasteiger partial charge in [0.1, 0.15) is 0 Å². The van der Waals surface area contributed by atoms with Crippen LogP contribution in [-0.4, -0.2) is 71.7 Å². The number of benzene rings is 1. The number of rotatable bonds is 12. The van der Waals surface area contributed by atoms with E-state index in [4.69, 9.17) is 0 Å². The molecule has 0 radical (unpaired) electrons. The van der Waals surface area contributed by atoms with E-state index in [2.05, 4.69) is 15.8 Å². The number of hydrazone groups is 1. The van der Waals surface area contributed by atoms with Crippen molar-refractivity contribution >= 4 is 35.0 Å². The molecule has 12 heteroatoms. The third kappa shape index (κ3) is 7.53. The molecule has 3 amide bonds. The fourth-order valence-electron chi connectivity index (χ4n) is 3.19. The predicted molar refractivity (Wildman–Crippen MR) is 120 cm³/mol. The fourth-order valence-corrected chi connectivity index (χ4v) is 3.57. The topological polar surface area (TPSA) is 171 Å². The smallest absolute Gasteiger partial charge is 0.251 e. The Kier molecular flexibility index (Phi) is 9.35. The third-order valence-corrected chi connectivity index (χ3v) is 6.31. The summed E-state index contributed by atoms with van der Waals surface area (Å²) in [7, 11) is 0. The fraction of sp³-hybridized carbons (Fsp3) is 0.524. The van der Waals surface area contributed by atoms with Crippen LogP contribution in [-0.2, 0) is 20.7 Å². The summed E-state index contributed by atoms with van der Waals surface area (Å²) in [6.07, 6.45) is 3.53. The van der Waals surface area contributed by atoms with Gasteiger partial charge in [0.25, 0.3) is 5.91 Å². The molecule has 1 aliphatic heterocycles. The number of nitrogens with zero attached hydrogens (tertiary/aromatic N) is 2. The van der Waals surface area contributed by atoms with E-state index in [1.807, 2.05) is 6.92 Å². The Morgan fingerprint density at radius 1 is 1.30 bits per heavy atom. The van der Waals surface area contributed by atoms with E-state index in [1.165, 1.54) is 30.0 Å². The summed E-state index contributed by atoms with van der Waals surface area (Å²) in [6, 6.07) is 3.77. The van der Waals surface area contributed by atoms with Crippen LogP contribution < -0.4 is 10.7 Å². The number of hydrogen-bond acceptors (Lipinski definition) is 8. The van der Waals surface area contributed by atoms with Gasteiger partial charge < -0.3 is 25.0 Å². The van der Waals surface area contributed by atoms with Gasteiger partial charge in [0.05, 0.1) is 4.75 Å². The maximum absolute atomic E-state index is 12.0. The molecule has 0 saturated carbocycles. The van der Waals surface area contributed by atoms with Crippen LogP contribution in [0.2, 0.25) is 0 Å². The number of amides is 3. The number of likely N-dealkylation sites (tertiary alicyclic amines) is 1. The van der Waals surface area contributed by atoms with Gasteiger partial charge in [-0.05, 0) is 56.0 Å². The molecule has 1 aliphatic rings. The maximum atomic E-state index is 12.0. The molecule has 2 rings (SSSR count). The minimum Gasteiger partial charge on any atom is -0.772 e. The summed E-state index contributed by atoms with van der Waals surface area (Å²) in [5.74, 6) is -1.55. The zero-order valence-electron chi connectivity index (χ0n) is 18.6. The number of aromatic hydroxyl groups is 2. The van der Waals surface area contributed by atoms with Crippen molar-refractivity contribution in [2.75, 3.05) is 13.1 Å². The van der Waals surface area contributed by atoms with Crippen molar-refractivity contribution in [1.82, 2.24) is 15.6 Å². The van der Waals surface area contributed by atoms with E-state index in [0.717, 1.165) is 6.21 Å². The van der Waals surface area contributed by atoms with Crippen LogP contribution in [0.5, 0.6) is 11.5 Å². The lowest BCUT2D eigenvalue weighted by Gasteiger charge is -2.43. The van der Waals surface area contributed by atoms with Crippen LogP contribution in [0.3, 0.4) is 0 Å². The summed E-state index contributed by atoms with van der Waals surface area (Å²) < 4.78 is 21.9. The molecule has 0 aromatic heterocycles. The van der Waals surface area contributed by atoms with Crippen molar-refractivity contribution < 1.29 is 33.4 Å². The van der Waals surface area contributed by atoms with Crippen molar-refractivity contribution in [1.29, 1.82) is 0 Å². The Morgan fingerprint density at radius 3 is 2.64 bits per heavy atom. The first-order valence-electron chi connectivity index (χ1n) is 10.6. The summed E-state index contributed by atoms with van der Waals surface area (Å²) in [4.78, 5) is 37.0. The highest BCUT2D eigenvalue weighted by Gasteiger charge is 2.38. The molecule has 0 spiro atoms. The normalized spacial score (nSPS) is 18.5. The Bertz CT molecular complexity index is 939. The Morgan fingerprint density at radius 2 is 2.03 bits per heavy atom. The second-order valence-corrected chi connectivity index (χ2v) is 9.59. The number of phenols is 2. The highest BCUT2D eigenvalue weighted by molar-refractivity contribution is 7.81. The monoisotopic (exact) mass is 481 g/mol. The lowest BCUT2D eigenvalue weighted by atomic mass is 10.0. The maximum Gasteiger partial charge on any atom is 0.251 e. The van der Waals surface area contributed by atoms with Gasteiger partial charge in [-0.15, -0.1) is 0 Å². The highest BCUT2D eigenvalue weighted by Crippen LogP contribution is 2.25. The standard InChI is InChI=1S/C21H30N4O7S/c1-14-10-19(29)25(14)13-21(2,33(31)32)12-23-24-18(28)6-4-3-5-9-22-20(30)15-7-8-16(26)17(27)11-15/h7-8,11-12,14,26-27H,3-6,9-10,13H2,1-2H3,(H,22,30)(H,24,28)(H,31,32)/p-1/b23-12+/t14-,21+/m1/s1. The molecule has 0 aliphatic carbocycles. The number of nitrogens with one attached hydrogen (secondary N) is 2. The molecular formula is C21H29N4O7S-. The molecule has 1 unspecified atom stereocenters. The van der Waals surface area contributed by atoms with Crippen LogP contribution in [0.25, 0.3) is 0 Å². The molecule has 4 N–H and O–H groups in total. The van der Waals surface area contributed by atoms with E-state index in [9.17, 15) is 33.4 Å². The minimum absolute atomic E-state index is 0.0265. The predicted octanol–water partition coefficient (Wildman–Crippen LogP) is 0.749. The van der Waals surface area contributed by atoms with Crippen LogP contribution in [0, 0.1) is 0 Å². The average molecular weight is 482 g/mol. The van der Waals surface area contributed by atoms with Gasteiger partial charge in [-0.1, -0.05) is 6.42 Å². The lowest BCUT2D eigenvalue weighted by Crippen LogP contribution is -2.58. The SMILES string of the molecule is C[C@@H]1CC(=O)N1C[C@](C)(/C=N/NC(=O)CCCCCNC(=O)c1ccc(O)c(O)c1)S(=O)[O-]. The first-order valence-corrected chi connectivity index (χ1v) is 11.6. The molecule has 182 valence electrons.